The minimum absolute atomic E-state index is 0.0156. The number of carbonyl (C=O) groups excluding carboxylic acids is 2. The third-order valence-corrected chi connectivity index (χ3v) is 6.76. The van der Waals surface area contributed by atoms with Gasteiger partial charge in [0, 0.05) is 34.6 Å². The summed E-state index contributed by atoms with van der Waals surface area (Å²) in [7, 11) is 0. The Labute approximate surface area is 211 Å². The van der Waals surface area contributed by atoms with E-state index in [-0.39, 0.29) is 17.4 Å². The minimum atomic E-state index is -0.464. The van der Waals surface area contributed by atoms with Crippen molar-refractivity contribution in [3.05, 3.63) is 94.5 Å². The third-order valence-electron chi connectivity index (χ3n) is 5.45. The van der Waals surface area contributed by atoms with Gasteiger partial charge in [-0.25, -0.2) is 0 Å². The number of hydrogen-bond acceptors (Lipinski definition) is 7. The number of carbonyl (C=O) groups is 2. The average molecular weight is 502 g/mol. The Bertz CT molecular complexity index is 1390. The molecule has 4 rings (SSSR count). The van der Waals surface area contributed by atoms with Gasteiger partial charge in [-0.3, -0.25) is 24.3 Å². The molecule has 36 heavy (non-hydrogen) atoms. The molecule has 3 aromatic carbocycles. The van der Waals surface area contributed by atoms with E-state index in [1.165, 1.54) is 30.8 Å². The molecule has 0 aliphatic carbocycles. The summed E-state index contributed by atoms with van der Waals surface area (Å²) in [6.45, 7) is 3.40. The number of non-ortho nitro benzene ring substituents is 1. The zero-order chi connectivity index (χ0) is 25.7. The molecule has 1 heterocycles. The van der Waals surface area contributed by atoms with E-state index in [0.717, 1.165) is 5.69 Å². The summed E-state index contributed by atoms with van der Waals surface area (Å²) in [6, 6.07) is 22.3. The first kappa shape index (κ1) is 24.8. The van der Waals surface area contributed by atoms with E-state index in [0.29, 0.717) is 34.2 Å². The number of amides is 1. The lowest BCUT2D eigenvalue weighted by Gasteiger charge is -2.16. The second-order valence-corrected chi connectivity index (χ2v) is 9.09. The monoisotopic (exact) mass is 501 g/mol. The molecule has 0 aliphatic rings. The molecule has 182 valence electrons. The van der Waals surface area contributed by atoms with Crippen molar-refractivity contribution in [2.45, 2.75) is 30.7 Å². The van der Waals surface area contributed by atoms with Gasteiger partial charge in [0.25, 0.3) is 5.69 Å². The summed E-state index contributed by atoms with van der Waals surface area (Å²) in [6.07, 6.45) is 0.538. The number of anilines is 1. The van der Waals surface area contributed by atoms with Crippen molar-refractivity contribution >= 4 is 34.8 Å². The van der Waals surface area contributed by atoms with Crippen molar-refractivity contribution in [3.63, 3.8) is 0 Å². The summed E-state index contributed by atoms with van der Waals surface area (Å²) in [4.78, 5) is 35.2. The Morgan fingerprint density at radius 2 is 1.67 bits per heavy atom. The number of rotatable bonds is 9. The Morgan fingerprint density at radius 1 is 1.00 bits per heavy atom. The number of thioether (sulfide) groups is 1. The van der Waals surface area contributed by atoms with Crippen LogP contribution in [0.15, 0.2) is 84.0 Å². The van der Waals surface area contributed by atoms with E-state index in [1.807, 2.05) is 41.8 Å². The Morgan fingerprint density at radius 3 is 2.25 bits per heavy atom. The highest BCUT2D eigenvalue weighted by molar-refractivity contribution is 8.00. The molecule has 0 spiro atoms. The van der Waals surface area contributed by atoms with Crippen molar-refractivity contribution in [1.29, 1.82) is 0 Å². The first-order chi connectivity index (χ1) is 17.4. The maximum Gasteiger partial charge on any atom is 0.269 e. The van der Waals surface area contributed by atoms with Gasteiger partial charge < -0.3 is 5.32 Å². The number of nitro benzene ring substituents is 1. The number of hydrogen-bond donors (Lipinski definition) is 1. The van der Waals surface area contributed by atoms with E-state index in [4.69, 9.17) is 0 Å². The van der Waals surface area contributed by atoms with Crippen LogP contribution < -0.4 is 5.32 Å². The van der Waals surface area contributed by atoms with Gasteiger partial charge in [-0.1, -0.05) is 36.9 Å². The Balaban J connectivity index is 1.63. The van der Waals surface area contributed by atoms with Crippen LogP contribution in [0, 0.1) is 10.1 Å². The largest absolute Gasteiger partial charge is 0.325 e. The third kappa shape index (κ3) is 5.49. The van der Waals surface area contributed by atoms with Crippen molar-refractivity contribution in [2.24, 2.45) is 0 Å². The van der Waals surface area contributed by atoms with Crippen molar-refractivity contribution < 1.29 is 14.5 Å². The Kier molecular flexibility index (Phi) is 7.55. The number of nitrogens with one attached hydrogen (secondary N) is 1. The van der Waals surface area contributed by atoms with E-state index in [2.05, 4.69) is 15.5 Å². The SMILES string of the molecule is CC[C@@H](Sc1nnc(-c2ccc([N+](=O)[O-])cc2)n1-c1ccccc1)C(=O)Nc1ccc(C(C)=O)cc1. The zero-order valence-electron chi connectivity index (χ0n) is 19.6. The van der Waals surface area contributed by atoms with Crippen molar-refractivity contribution in [1.82, 2.24) is 14.8 Å². The predicted molar refractivity (Wildman–Crippen MR) is 138 cm³/mol. The standard InChI is InChI=1S/C26H23N5O4S/c1-3-23(25(33)27-20-13-9-18(10-14-20)17(2)32)36-26-29-28-24(30(26)21-7-5-4-6-8-21)19-11-15-22(16-12-19)31(34)35/h4-16,23H,3H2,1-2H3,(H,27,33)/t23-/m1/s1. The van der Waals surface area contributed by atoms with Gasteiger partial charge in [0.2, 0.25) is 5.91 Å². The fourth-order valence-electron chi connectivity index (χ4n) is 3.54. The smallest absolute Gasteiger partial charge is 0.269 e. The lowest BCUT2D eigenvalue weighted by Crippen LogP contribution is -2.25. The molecular weight excluding hydrogens is 478 g/mol. The van der Waals surface area contributed by atoms with Crippen LogP contribution in [0.3, 0.4) is 0 Å². The first-order valence-electron chi connectivity index (χ1n) is 11.2. The Hall–Kier alpha value is -4.31. The first-order valence-corrected chi connectivity index (χ1v) is 12.1. The van der Waals surface area contributed by atoms with Crippen molar-refractivity contribution in [2.75, 3.05) is 5.32 Å². The van der Waals surface area contributed by atoms with Crippen LogP contribution in [-0.2, 0) is 4.79 Å². The molecule has 0 aliphatic heterocycles. The average Bonchev–Trinajstić information content (AvgIpc) is 3.31. The van der Waals surface area contributed by atoms with E-state index in [1.54, 1.807) is 36.4 Å². The molecule has 4 aromatic rings. The molecule has 0 saturated carbocycles. The zero-order valence-corrected chi connectivity index (χ0v) is 20.4. The lowest BCUT2D eigenvalue weighted by molar-refractivity contribution is -0.384. The van der Waals surface area contributed by atoms with Gasteiger partial charge >= 0.3 is 0 Å². The van der Waals surface area contributed by atoms with Crippen LogP contribution in [0.2, 0.25) is 0 Å². The fraction of sp³-hybridized carbons (Fsp3) is 0.154. The highest BCUT2D eigenvalue weighted by Crippen LogP contribution is 2.32. The van der Waals surface area contributed by atoms with Crippen LogP contribution in [0.4, 0.5) is 11.4 Å². The van der Waals surface area contributed by atoms with Gasteiger partial charge in [-0.2, -0.15) is 0 Å². The quantitative estimate of drug-likeness (QED) is 0.138. The van der Waals surface area contributed by atoms with Crippen LogP contribution in [-0.4, -0.2) is 36.6 Å². The molecule has 0 radical (unpaired) electrons. The lowest BCUT2D eigenvalue weighted by atomic mass is 10.1. The summed E-state index contributed by atoms with van der Waals surface area (Å²) >= 11 is 1.28. The molecule has 1 atom stereocenters. The van der Waals surface area contributed by atoms with E-state index in [9.17, 15) is 19.7 Å². The molecule has 1 amide bonds. The van der Waals surface area contributed by atoms with Crippen LogP contribution in [0.5, 0.6) is 0 Å². The number of aromatic nitrogens is 3. The second kappa shape index (κ2) is 11.0. The van der Waals surface area contributed by atoms with Crippen LogP contribution in [0.25, 0.3) is 17.1 Å². The van der Waals surface area contributed by atoms with Gasteiger partial charge in [-0.15, -0.1) is 10.2 Å². The highest BCUT2D eigenvalue weighted by atomic mass is 32.2. The number of benzene rings is 3. The molecular formula is C26H23N5O4S. The molecule has 0 fully saturated rings. The number of nitro groups is 1. The maximum atomic E-state index is 13.1. The number of Topliss-reactive ketones (excluding diaryl/α,β-unsaturated/α-hetero) is 1. The van der Waals surface area contributed by atoms with Gasteiger partial charge in [0.05, 0.1) is 10.2 Å². The maximum absolute atomic E-state index is 13.1. The van der Waals surface area contributed by atoms with Gasteiger partial charge in [0.1, 0.15) is 0 Å². The topological polar surface area (TPSA) is 120 Å². The van der Waals surface area contributed by atoms with Crippen molar-refractivity contribution in [3.8, 4) is 17.1 Å². The molecule has 9 nitrogen and oxygen atoms in total. The number of nitrogens with zero attached hydrogens (tertiary/aromatic N) is 4. The summed E-state index contributed by atoms with van der Waals surface area (Å²) < 4.78 is 1.84. The van der Waals surface area contributed by atoms with Crippen LogP contribution >= 0.6 is 11.8 Å². The summed E-state index contributed by atoms with van der Waals surface area (Å²) in [5, 5.41) is 22.7. The predicted octanol–water partition coefficient (Wildman–Crippen LogP) is 5.55. The van der Waals surface area contributed by atoms with E-state index < -0.39 is 10.2 Å². The summed E-state index contributed by atoms with van der Waals surface area (Å²) in [5.41, 5.74) is 2.61. The normalized spacial score (nSPS) is 11.6. The van der Waals surface area contributed by atoms with Gasteiger partial charge in [-0.05, 0) is 61.9 Å². The van der Waals surface area contributed by atoms with Crippen LogP contribution in [0.1, 0.15) is 30.6 Å². The minimum Gasteiger partial charge on any atom is -0.325 e. The van der Waals surface area contributed by atoms with E-state index >= 15 is 0 Å². The number of ketones is 1. The molecule has 0 unspecified atom stereocenters. The number of para-hydroxylation sites is 1. The van der Waals surface area contributed by atoms with Gasteiger partial charge in [0.15, 0.2) is 16.8 Å². The highest BCUT2D eigenvalue weighted by Gasteiger charge is 2.24. The second-order valence-electron chi connectivity index (χ2n) is 7.92. The molecule has 0 saturated heterocycles. The summed E-state index contributed by atoms with van der Waals surface area (Å²) in [5.74, 6) is 0.269. The fourth-order valence-corrected chi connectivity index (χ4v) is 4.51. The molecule has 1 N–H and O–H groups in total. The molecule has 1 aromatic heterocycles. The molecule has 10 heteroatoms. The molecule has 0 bridgehead atoms.